The van der Waals surface area contributed by atoms with E-state index in [1.54, 1.807) is 18.3 Å². The summed E-state index contributed by atoms with van der Waals surface area (Å²) < 4.78 is 54.7. The maximum Gasteiger partial charge on any atom is 0.121 e. The van der Waals surface area contributed by atoms with E-state index >= 15 is 0 Å². The fourth-order valence-electron chi connectivity index (χ4n) is 6.90. The summed E-state index contributed by atoms with van der Waals surface area (Å²) in [5.41, 5.74) is 8.70. The number of benzene rings is 4. The molecule has 5 heteroatoms. The van der Waals surface area contributed by atoms with Crippen molar-refractivity contribution in [2.24, 2.45) is 5.92 Å². The van der Waals surface area contributed by atoms with Crippen LogP contribution in [0.2, 0.25) is 19.6 Å². The fourth-order valence-corrected chi connectivity index (χ4v) is 8.49. The van der Waals surface area contributed by atoms with Gasteiger partial charge in [0.2, 0.25) is 0 Å². The molecule has 4 aromatic carbocycles. The van der Waals surface area contributed by atoms with Gasteiger partial charge in [-0.3, -0.25) is 0 Å². The summed E-state index contributed by atoms with van der Waals surface area (Å²) in [6.45, 7) is 8.38. The Morgan fingerprint density at radius 1 is 0.885 bits per heavy atom. The van der Waals surface area contributed by atoms with Gasteiger partial charge < -0.3 is 14.4 Å². The molecule has 1 aliphatic rings. The second-order valence-corrected chi connectivity index (χ2v) is 19.7. The number of pyridine rings is 2. The van der Waals surface area contributed by atoms with Gasteiger partial charge in [-0.15, -0.1) is 53.6 Å². The summed E-state index contributed by atoms with van der Waals surface area (Å²) >= 11 is 0. The number of hydrogen-bond acceptors (Lipinski definition) is 3. The Bertz CT molecular complexity index is 2520. The van der Waals surface area contributed by atoms with Gasteiger partial charge in [-0.05, 0) is 58.0 Å². The first kappa shape index (κ1) is 30.3. The summed E-state index contributed by atoms with van der Waals surface area (Å²) in [5.74, 6) is -0.651. The molecule has 0 aliphatic heterocycles. The van der Waals surface area contributed by atoms with Crippen molar-refractivity contribution in [3.63, 3.8) is 0 Å². The zero-order chi connectivity index (χ0) is 40.8. The normalized spacial score (nSPS) is 15.7. The van der Waals surface area contributed by atoms with Crippen molar-refractivity contribution >= 4 is 35.2 Å². The van der Waals surface area contributed by atoms with Crippen LogP contribution in [-0.2, 0) is 26.5 Å². The van der Waals surface area contributed by atoms with Gasteiger partial charge in [-0.2, -0.15) is 0 Å². The maximum atomic E-state index is 8.78. The third-order valence-electron chi connectivity index (χ3n) is 9.62. The molecule has 0 amide bonds. The predicted octanol–water partition coefficient (Wildman–Crippen LogP) is 12.4. The molecule has 3 nitrogen and oxygen atoms in total. The van der Waals surface area contributed by atoms with Crippen molar-refractivity contribution in [2.75, 3.05) is 0 Å². The first-order chi connectivity index (χ1) is 26.9. The molecule has 52 heavy (non-hydrogen) atoms. The average molecular weight is 883 g/mol. The SMILES string of the molecule is [2H]C([2H])([2H])c1c[c-]c(-c2cc(C([2H])(C)C)c([Si](C)(C)C)cn2)cc1.[2H]C([2H])(c1ccnc(-c2[c-]ccc3c2oc2cc(-c4ccccc4)ccc23)c1)C1CCCC1.[Ir]. The van der Waals surface area contributed by atoms with E-state index in [0.717, 1.165) is 81.1 Å². The van der Waals surface area contributed by atoms with E-state index in [0.29, 0.717) is 11.3 Å². The van der Waals surface area contributed by atoms with Crippen molar-refractivity contribution in [1.29, 1.82) is 0 Å². The van der Waals surface area contributed by atoms with Crippen LogP contribution >= 0.6 is 0 Å². The van der Waals surface area contributed by atoms with E-state index in [4.69, 9.17) is 12.6 Å². The minimum atomic E-state index is -2.13. The summed E-state index contributed by atoms with van der Waals surface area (Å²) in [4.78, 5) is 9.14. The van der Waals surface area contributed by atoms with Crippen molar-refractivity contribution < 1.29 is 32.7 Å². The van der Waals surface area contributed by atoms with Crippen LogP contribution in [0.4, 0.5) is 0 Å². The minimum Gasteiger partial charge on any atom is -0.501 e. The Hall–Kier alpha value is -4.15. The third kappa shape index (κ3) is 8.39. The molecule has 3 heterocycles. The van der Waals surface area contributed by atoms with Gasteiger partial charge in [-0.25, -0.2) is 0 Å². The second-order valence-electron chi connectivity index (χ2n) is 14.7. The van der Waals surface area contributed by atoms with Crippen LogP contribution in [0.25, 0.3) is 55.6 Å². The van der Waals surface area contributed by atoms with Crippen molar-refractivity contribution in [3.05, 3.63) is 138 Å². The summed E-state index contributed by atoms with van der Waals surface area (Å²) in [6.07, 6.45) is 6.34. The molecule has 0 bridgehead atoms. The number of aryl methyl sites for hydroxylation is 1. The molecule has 1 radical (unpaired) electrons. The largest absolute Gasteiger partial charge is 0.501 e. The van der Waals surface area contributed by atoms with Crippen LogP contribution in [0.15, 0.2) is 114 Å². The van der Waals surface area contributed by atoms with E-state index in [-0.39, 0.29) is 31.6 Å². The Kier molecular flexibility index (Phi) is 9.47. The second kappa shape index (κ2) is 16.2. The number of rotatable bonds is 7. The first-order valence-corrected chi connectivity index (χ1v) is 21.3. The number of hydrogen-bond donors (Lipinski definition) is 0. The average Bonchev–Trinajstić information content (AvgIpc) is 3.87. The van der Waals surface area contributed by atoms with Crippen molar-refractivity contribution in [2.45, 2.75) is 78.3 Å². The van der Waals surface area contributed by atoms with Crippen molar-refractivity contribution in [1.82, 2.24) is 9.97 Å². The number of fused-ring (bicyclic) bond motifs is 3. The van der Waals surface area contributed by atoms with Crippen LogP contribution < -0.4 is 5.19 Å². The van der Waals surface area contributed by atoms with Crippen LogP contribution in [0.3, 0.4) is 0 Å². The predicted molar refractivity (Wildman–Crippen MR) is 217 cm³/mol. The molecule has 1 aliphatic carbocycles. The standard InChI is InChI=1S/C29H24NO.C18H24NSi.Ir/c1-2-9-22(10-3-1)23-13-14-24-25-11-6-12-26(29(25)31-28(24)19-23)27-18-21(15-16-30-27)17-20-7-4-5-8-20;1-13(2)16-11-17(15-9-7-14(3)8-10-15)19-12-18(16)20(4,5)6;/h1-3,6,9-11,13-16,18-20H,4-5,7-8,17H2;7-9,11-13H,1-6H3;/q2*-1;/i17D2;3D3,13D;. The molecule has 3 aromatic heterocycles. The molecule has 0 unspecified atom stereocenters. The monoisotopic (exact) mass is 883 g/mol. The van der Waals surface area contributed by atoms with Gasteiger partial charge in [0.1, 0.15) is 5.58 Å². The summed E-state index contributed by atoms with van der Waals surface area (Å²) in [5, 5.41) is 3.26. The number of nitrogens with zero attached hydrogens (tertiary/aromatic N) is 2. The Balaban J connectivity index is 0.000000203. The molecule has 0 N–H and O–H groups in total. The van der Waals surface area contributed by atoms with Gasteiger partial charge >= 0.3 is 0 Å². The quantitative estimate of drug-likeness (QED) is 0.118. The van der Waals surface area contributed by atoms with Gasteiger partial charge in [0, 0.05) is 46.1 Å². The van der Waals surface area contributed by atoms with Gasteiger partial charge in [0.15, 0.2) is 0 Å². The Labute approximate surface area is 332 Å². The van der Waals surface area contributed by atoms with E-state index < -0.39 is 27.2 Å². The Morgan fingerprint density at radius 2 is 1.69 bits per heavy atom. The summed E-state index contributed by atoms with van der Waals surface area (Å²) in [7, 11) is -1.61. The molecular weight excluding hydrogens is 829 g/mol. The van der Waals surface area contributed by atoms with E-state index in [1.807, 2.05) is 68.6 Å². The van der Waals surface area contributed by atoms with Crippen molar-refractivity contribution in [3.8, 4) is 33.6 Å². The van der Waals surface area contributed by atoms with Gasteiger partial charge in [0.25, 0.3) is 0 Å². The Morgan fingerprint density at radius 3 is 2.40 bits per heavy atom. The molecule has 1 saturated carbocycles. The molecule has 267 valence electrons. The zero-order valence-electron chi connectivity index (χ0n) is 36.4. The van der Waals surface area contributed by atoms with Crippen LogP contribution in [0, 0.1) is 24.9 Å². The van der Waals surface area contributed by atoms with E-state index in [9.17, 15) is 0 Å². The van der Waals surface area contributed by atoms with Crippen LogP contribution in [-0.4, -0.2) is 18.0 Å². The first-order valence-electron chi connectivity index (χ1n) is 20.8. The third-order valence-corrected chi connectivity index (χ3v) is 11.6. The maximum absolute atomic E-state index is 8.78. The topological polar surface area (TPSA) is 38.9 Å². The smallest absolute Gasteiger partial charge is 0.121 e. The molecule has 0 atom stereocenters. The molecular formula is C47H48IrN2OSi-2. The van der Waals surface area contributed by atoms with E-state index in [2.05, 4.69) is 72.1 Å². The van der Waals surface area contributed by atoms with E-state index in [1.165, 1.54) is 11.3 Å². The van der Waals surface area contributed by atoms with Crippen LogP contribution in [0.5, 0.6) is 0 Å². The fraction of sp³-hybridized carbons (Fsp3) is 0.277. The molecule has 0 spiro atoms. The molecule has 1 fully saturated rings. The zero-order valence-corrected chi connectivity index (χ0v) is 33.8. The molecule has 0 saturated heterocycles. The minimum absolute atomic E-state index is 0. The van der Waals surface area contributed by atoms with Gasteiger partial charge in [0.05, 0.1) is 13.7 Å². The van der Waals surface area contributed by atoms with Gasteiger partial charge in [-0.1, -0.05) is 143 Å². The summed E-state index contributed by atoms with van der Waals surface area (Å²) in [6, 6.07) is 37.3. The molecule has 7 aromatic rings. The molecule has 8 rings (SSSR count). The number of aromatic nitrogens is 2. The number of furan rings is 1. The van der Waals surface area contributed by atoms with Crippen LogP contribution in [0.1, 0.15) is 70.3 Å².